The van der Waals surface area contributed by atoms with E-state index < -0.39 is 15.5 Å². The first-order chi connectivity index (χ1) is 8.95. The molecule has 0 fully saturated rings. The molecule has 0 saturated carbocycles. The summed E-state index contributed by atoms with van der Waals surface area (Å²) in [6, 6.07) is 1.16. The Kier molecular flexibility index (Phi) is 2.83. The molecule has 0 aromatic carbocycles. The van der Waals surface area contributed by atoms with E-state index in [0.29, 0.717) is 0 Å². The molecule has 2 aromatic rings. The molecule has 0 bridgehead atoms. The zero-order valence-corrected chi connectivity index (χ0v) is 9.65. The normalized spacial score (nSPS) is 10.4. The second-order valence-electron chi connectivity index (χ2n) is 3.55. The van der Waals surface area contributed by atoms with Crippen LogP contribution in [0.3, 0.4) is 0 Å². The molecule has 10 heteroatoms. The Bertz CT molecular complexity index is 701. The fraction of sp³-hybridized carbons (Fsp3) is 0.111. The van der Waals surface area contributed by atoms with Crippen LogP contribution in [0, 0.1) is 20.2 Å². The predicted octanol–water partition coefficient (Wildman–Crippen LogP) is 1.07. The second kappa shape index (κ2) is 4.33. The summed E-state index contributed by atoms with van der Waals surface area (Å²) in [6.45, 7) is 0. The van der Waals surface area contributed by atoms with Crippen LogP contribution in [0.5, 0.6) is 0 Å². The average molecular weight is 264 g/mol. The lowest BCUT2D eigenvalue weighted by Crippen LogP contribution is -2.05. The number of nitrogen functional groups attached to an aromatic ring is 1. The lowest BCUT2D eigenvalue weighted by molar-refractivity contribution is -0.385. The van der Waals surface area contributed by atoms with Gasteiger partial charge in [0.1, 0.15) is 11.9 Å². The minimum absolute atomic E-state index is 0.0451. The first-order valence-corrected chi connectivity index (χ1v) is 5.01. The highest BCUT2D eigenvalue weighted by molar-refractivity contribution is 5.98. The van der Waals surface area contributed by atoms with Crippen LogP contribution in [0.4, 0.5) is 22.9 Å². The monoisotopic (exact) mass is 264 g/mol. The Morgan fingerprint density at radius 2 is 2.00 bits per heavy atom. The van der Waals surface area contributed by atoms with Gasteiger partial charge in [-0.3, -0.25) is 20.2 Å². The molecule has 0 spiro atoms. The highest BCUT2D eigenvalue weighted by atomic mass is 16.6. The molecule has 2 rings (SSSR count). The van der Waals surface area contributed by atoms with E-state index in [-0.39, 0.29) is 28.2 Å². The van der Waals surface area contributed by atoms with Crippen LogP contribution in [0.2, 0.25) is 0 Å². The SMILES string of the molecule is CNc1c([N+](=O)[O-])c(N)nc2ncc([N+](=O)[O-])cc12. The molecule has 0 unspecified atom stereocenters. The molecule has 19 heavy (non-hydrogen) atoms. The number of aromatic nitrogens is 2. The van der Waals surface area contributed by atoms with Crippen LogP contribution in [0.15, 0.2) is 12.3 Å². The molecule has 2 heterocycles. The molecule has 0 radical (unpaired) electrons. The number of nitrogens with one attached hydrogen (secondary N) is 1. The van der Waals surface area contributed by atoms with Crippen LogP contribution in [-0.4, -0.2) is 26.9 Å². The maximum atomic E-state index is 11.0. The fourth-order valence-electron chi connectivity index (χ4n) is 1.68. The summed E-state index contributed by atoms with van der Waals surface area (Å²) in [5, 5.41) is 24.4. The molecule has 0 atom stereocenters. The minimum Gasteiger partial charge on any atom is -0.382 e. The van der Waals surface area contributed by atoms with Gasteiger partial charge in [0.2, 0.25) is 5.82 Å². The molecule has 98 valence electrons. The summed E-state index contributed by atoms with van der Waals surface area (Å²) in [5.74, 6) is -0.303. The largest absolute Gasteiger partial charge is 0.382 e. The molecule has 2 aromatic heterocycles. The Morgan fingerprint density at radius 3 is 2.53 bits per heavy atom. The molecule has 0 saturated heterocycles. The molecule has 10 nitrogen and oxygen atoms in total. The third-order valence-corrected chi connectivity index (χ3v) is 2.47. The number of hydrogen-bond donors (Lipinski definition) is 2. The Labute approximate surface area is 105 Å². The van der Waals surface area contributed by atoms with Crippen molar-refractivity contribution in [2.45, 2.75) is 0 Å². The van der Waals surface area contributed by atoms with Crippen molar-refractivity contribution in [3.05, 3.63) is 32.5 Å². The topological polar surface area (TPSA) is 150 Å². The van der Waals surface area contributed by atoms with E-state index in [1.807, 2.05) is 0 Å². The quantitative estimate of drug-likeness (QED) is 0.617. The molecule has 3 N–H and O–H groups in total. The summed E-state index contributed by atoms with van der Waals surface area (Å²) in [7, 11) is 1.44. The van der Waals surface area contributed by atoms with E-state index in [1.165, 1.54) is 7.05 Å². The highest BCUT2D eigenvalue weighted by Crippen LogP contribution is 2.36. The van der Waals surface area contributed by atoms with Gasteiger partial charge in [-0.2, -0.15) is 0 Å². The van der Waals surface area contributed by atoms with Gasteiger partial charge in [-0.25, -0.2) is 9.97 Å². The maximum Gasteiger partial charge on any atom is 0.334 e. The molecule has 0 aliphatic carbocycles. The van der Waals surface area contributed by atoms with Crippen molar-refractivity contribution in [2.24, 2.45) is 0 Å². The first kappa shape index (κ1) is 12.4. The van der Waals surface area contributed by atoms with Crippen LogP contribution in [-0.2, 0) is 0 Å². The van der Waals surface area contributed by atoms with Crippen molar-refractivity contribution in [3.63, 3.8) is 0 Å². The van der Waals surface area contributed by atoms with E-state index in [9.17, 15) is 20.2 Å². The third-order valence-electron chi connectivity index (χ3n) is 2.47. The standard InChI is InChI=1S/C9H8N6O4/c1-11-6-5-2-4(14(16)17)3-12-9(5)13-8(10)7(6)15(18)19/h2-3H,1H3,(H3,10,11,12,13). The summed E-state index contributed by atoms with van der Waals surface area (Å²) in [4.78, 5) is 27.8. The van der Waals surface area contributed by atoms with Gasteiger partial charge >= 0.3 is 5.69 Å². The van der Waals surface area contributed by atoms with Gasteiger partial charge in [-0.15, -0.1) is 0 Å². The summed E-state index contributed by atoms with van der Waals surface area (Å²) in [5.41, 5.74) is 4.92. The van der Waals surface area contributed by atoms with Gasteiger partial charge < -0.3 is 11.1 Å². The van der Waals surface area contributed by atoms with E-state index in [1.54, 1.807) is 0 Å². The second-order valence-corrected chi connectivity index (χ2v) is 3.55. The van der Waals surface area contributed by atoms with Crippen molar-refractivity contribution < 1.29 is 9.85 Å². The van der Waals surface area contributed by atoms with E-state index in [0.717, 1.165) is 12.3 Å². The van der Waals surface area contributed by atoms with Crippen molar-refractivity contribution >= 4 is 33.9 Å². The van der Waals surface area contributed by atoms with Gasteiger partial charge in [-0.05, 0) is 0 Å². The summed E-state index contributed by atoms with van der Waals surface area (Å²) >= 11 is 0. The number of nitrogens with zero attached hydrogens (tertiary/aromatic N) is 4. The van der Waals surface area contributed by atoms with E-state index in [4.69, 9.17) is 5.73 Å². The smallest absolute Gasteiger partial charge is 0.334 e. The van der Waals surface area contributed by atoms with Gasteiger partial charge in [-0.1, -0.05) is 0 Å². The zero-order valence-electron chi connectivity index (χ0n) is 9.65. The van der Waals surface area contributed by atoms with Crippen LogP contribution in [0.25, 0.3) is 11.0 Å². The van der Waals surface area contributed by atoms with Crippen LogP contribution < -0.4 is 11.1 Å². The lowest BCUT2D eigenvalue weighted by Gasteiger charge is -2.07. The van der Waals surface area contributed by atoms with Gasteiger partial charge in [0.05, 0.1) is 15.2 Å². The molecule has 0 amide bonds. The van der Waals surface area contributed by atoms with Crippen LogP contribution >= 0.6 is 0 Å². The molecular formula is C9H8N6O4. The van der Waals surface area contributed by atoms with Gasteiger partial charge in [0, 0.05) is 13.1 Å². The lowest BCUT2D eigenvalue weighted by atomic mass is 10.2. The van der Waals surface area contributed by atoms with Crippen molar-refractivity contribution in [2.75, 3.05) is 18.1 Å². The fourth-order valence-corrected chi connectivity index (χ4v) is 1.68. The Hall–Kier alpha value is -3.04. The number of rotatable bonds is 3. The van der Waals surface area contributed by atoms with Crippen molar-refractivity contribution in [3.8, 4) is 0 Å². The minimum atomic E-state index is -0.702. The summed E-state index contributed by atoms with van der Waals surface area (Å²) in [6.07, 6.45) is 1.01. The number of nitrogens with two attached hydrogens (primary N) is 1. The van der Waals surface area contributed by atoms with Gasteiger partial charge in [0.15, 0.2) is 5.65 Å². The number of hydrogen-bond acceptors (Lipinski definition) is 8. The number of anilines is 2. The van der Waals surface area contributed by atoms with E-state index in [2.05, 4.69) is 15.3 Å². The van der Waals surface area contributed by atoms with Crippen molar-refractivity contribution in [1.82, 2.24) is 9.97 Å². The van der Waals surface area contributed by atoms with Crippen LogP contribution in [0.1, 0.15) is 0 Å². The highest BCUT2D eigenvalue weighted by Gasteiger charge is 2.24. The number of pyridine rings is 2. The number of fused-ring (bicyclic) bond motifs is 1. The maximum absolute atomic E-state index is 11.0. The first-order valence-electron chi connectivity index (χ1n) is 5.01. The number of nitro groups is 2. The zero-order chi connectivity index (χ0) is 14.2. The van der Waals surface area contributed by atoms with Crippen molar-refractivity contribution in [1.29, 1.82) is 0 Å². The Morgan fingerprint density at radius 1 is 1.32 bits per heavy atom. The third kappa shape index (κ3) is 1.94. The average Bonchev–Trinajstić information content (AvgIpc) is 2.35. The van der Waals surface area contributed by atoms with E-state index >= 15 is 0 Å². The van der Waals surface area contributed by atoms with Gasteiger partial charge in [0.25, 0.3) is 5.69 Å². The predicted molar refractivity (Wildman–Crippen MR) is 66.8 cm³/mol. The molecular weight excluding hydrogens is 256 g/mol. The molecule has 0 aliphatic heterocycles. The Balaban J connectivity index is 2.88. The summed E-state index contributed by atoms with van der Waals surface area (Å²) < 4.78 is 0. The molecule has 0 aliphatic rings.